The Hall–Kier alpha value is -1.91. The molecule has 2 amide bonds. The van der Waals surface area contributed by atoms with Crippen LogP contribution >= 0.6 is 0 Å². The van der Waals surface area contributed by atoms with Gasteiger partial charge in [-0.15, -0.1) is 0 Å². The summed E-state index contributed by atoms with van der Waals surface area (Å²) in [5.41, 5.74) is 0.666. The minimum Gasteiger partial charge on any atom is -0.339 e. The van der Waals surface area contributed by atoms with Gasteiger partial charge in [0.2, 0.25) is 5.91 Å². The second kappa shape index (κ2) is 5.38. The molecule has 116 valence electrons. The van der Waals surface area contributed by atoms with E-state index in [9.17, 15) is 9.59 Å². The monoisotopic (exact) mass is 299 g/mol. The maximum atomic E-state index is 12.7. The summed E-state index contributed by atoms with van der Waals surface area (Å²) in [7, 11) is 0. The van der Waals surface area contributed by atoms with E-state index in [1.54, 1.807) is 18.5 Å². The van der Waals surface area contributed by atoms with Crippen molar-refractivity contribution in [1.82, 2.24) is 14.8 Å². The maximum absolute atomic E-state index is 12.7. The predicted molar refractivity (Wildman–Crippen MR) is 81.1 cm³/mol. The number of aromatic nitrogens is 1. The smallest absolute Gasteiger partial charge is 0.255 e. The Labute approximate surface area is 130 Å². The molecule has 1 aromatic heterocycles. The molecule has 5 heteroatoms. The molecule has 4 rings (SSSR count). The first-order valence-electron chi connectivity index (χ1n) is 8.21. The van der Waals surface area contributed by atoms with Gasteiger partial charge in [-0.05, 0) is 43.2 Å². The molecule has 0 spiro atoms. The molecular formula is C17H21N3O2. The SMILES string of the molecule is O=C(c1cccnc1)N1C[C@H]2C[C@H](C1)[C@H]1CCCC(=O)N1C2. The van der Waals surface area contributed by atoms with Crippen LogP contribution in [0, 0.1) is 11.8 Å². The van der Waals surface area contributed by atoms with Gasteiger partial charge in [0, 0.05) is 44.5 Å². The van der Waals surface area contributed by atoms with Crippen molar-refractivity contribution in [2.45, 2.75) is 31.7 Å². The highest BCUT2D eigenvalue weighted by Crippen LogP contribution is 2.38. The highest BCUT2D eigenvalue weighted by molar-refractivity contribution is 5.94. The third-order valence-corrected chi connectivity index (χ3v) is 5.38. The van der Waals surface area contributed by atoms with Gasteiger partial charge < -0.3 is 9.80 Å². The number of amides is 2. The van der Waals surface area contributed by atoms with Crippen LogP contribution in [0.15, 0.2) is 24.5 Å². The first-order chi connectivity index (χ1) is 10.7. The molecule has 3 aliphatic rings. The Morgan fingerprint density at radius 1 is 1.27 bits per heavy atom. The lowest BCUT2D eigenvalue weighted by molar-refractivity contribution is -0.144. The standard InChI is InChI=1S/C17H21N3O2/c21-16-5-1-4-15-14-7-12(10-20(15)16)9-19(11-14)17(22)13-3-2-6-18-8-13/h2-3,6,8,12,14-15H,1,4-5,7,9-11H2/t12-,14-,15-/m1/s1. The van der Waals surface area contributed by atoms with Gasteiger partial charge in [-0.3, -0.25) is 14.6 Å². The fourth-order valence-corrected chi connectivity index (χ4v) is 4.45. The van der Waals surface area contributed by atoms with Crippen LogP contribution in [0.2, 0.25) is 0 Å². The van der Waals surface area contributed by atoms with Crippen molar-refractivity contribution in [3.63, 3.8) is 0 Å². The van der Waals surface area contributed by atoms with Crippen molar-refractivity contribution in [3.05, 3.63) is 30.1 Å². The molecule has 22 heavy (non-hydrogen) atoms. The van der Waals surface area contributed by atoms with E-state index in [1.165, 1.54) is 0 Å². The van der Waals surface area contributed by atoms with Crippen molar-refractivity contribution >= 4 is 11.8 Å². The van der Waals surface area contributed by atoms with Crippen LogP contribution in [0.5, 0.6) is 0 Å². The third kappa shape index (κ3) is 2.28. The Morgan fingerprint density at radius 3 is 3.00 bits per heavy atom. The third-order valence-electron chi connectivity index (χ3n) is 5.38. The van der Waals surface area contributed by atoms with E-state index in [0.29, 0.717) is 35.8 Å². The number of hydrogen-bond acceptors (Lipinski definition) is 3. The van der Waals surface area contributed by atoms with Gasteiger partial charge in [-0.1, -0.05) is 0 Å². The molecule has 1 aromatic rings. The Bertz CT molecular complexity index is 589. The van der Waals surface area contributed by atoms with E-state index in [2.05, 4.69) is 9.88 Å². The number of carbonyl (C=O) groups excluding carboxylic acids is 2. The topological polar surface area (TPSA) is 53.5 Å². The van der Waals surface area contributed by atoms with Crippen molar-refractivity contribution in [1.29, 1.82) is 0 Å². The molecule has 3 aliphatic heterocycles. The quantitative estimate of drug-likeness (QED) is 0.790. The second-order valence-corrected chi connectivity index (χ2v) is 6.82. The summed E-state index contributed by atoms with van der Waals surface area (Å²) >= 11 is 0. The van der Waals surface area contributed by atoms with Gasteiger partial charge >= 0.3 is 0 Å². The molecule has 0 N–H and O–H groups in total. The molecule has 2 bridgehead atoms. The first-order valence-corrected chi connectivity index (χ1v) is 8.21. The molecule has 0 radical (unpaired) electrons. The van der Waals surface area contributed by atoms with Gasteiger partial charge in [0.05, 0.1) is 5.56 Å². The van der Waals surface area contributed by atoms with Crippen molar-refractivity contribution < 1.29 is 9.59 Å². The zero-order chi connectivity index (χ0) is 15.1. The Kier molecular flexibility index (Phi) is 3.36. The number of pyridine rings is 1. The summed E-state index contributed by atoms with van der Waals surface area (Å²) in [6.45, 7) is 2.37. The molecule has 3 saturated heterocycles. The molecular weight excluding hydrogens is 278 g/mol. The summed E-state index contributed by atoms with van der Waals surface area (Å²) < 4.78 is 0. The number of likely N-dealkylation sites (tertiary alicyclic amines) is 1. The van der Waals surface area contributed by atoms with Crippen LogP contribution in [0.3, 0.4) is 0 Å². The number of fused-ring (bicyclic) bond motifs is 4. The van der Waals surface area contributed by atoms with Crippen LogP contribution in [0.25, 0.3) is 0 Å². The number of nitrogens with zero attached hydrogens (tertiary/aromatic N) is 3. The molecule has 0 aliphatic carbocycles. The fourth-order valence-electron chi connectivity index (χ4n) is 4.45. The van der Waals surface area contributed by atoms with E-state index in [-0.39, 0.29) is 5.91 Å². The van der Waals surface area contributed by atoms with Gasteiger partial charge in [-0.2, -0.15) is 0 Å². The lowest BCUT2D eigenvalue weighted by Crippen LogP contribution is -2.61. The summed E-state index contributed by atoms with van der Waals surface area (Å²) in [5, 5.41) is 0. The van der Waals surface area contributed by atoms with Gasteiger partial charge in [0.15, 0.2) is 0 Å². The van der Waals surface area contributed by atoms with E-state index in [1.807, 2.05) is 11.0 Å². The zero-order valence-corrected chi connectivity index (χ0v) is 12.6. The van der Waals surface area contributed by atoms with E-state index in [0.717, 1.165) is 38.9 Å². The highest BCUT2D eigenvalue weighted by atomic mass is 16.2. The molecule has 0 aromatic carbocycles. The number of piperidine rings is 3. The van der Waals surface area contributed by atoms with E-state index < -0.39 is 0 Å². The Balaban J connectivity index is 1.53. The summed E-state index contributed by atoms with van der Waals surface area (Å²) in [6, 6.07) is 3.98. The Morgan fingerprint density at radius 2 is 2.18 bits per heavy atom. The van der Waals surface area contributed by atoms with Crippen molar-refractivity contribution in [2.75, 3.05) is 19.6 Å². The molecule has 5 nitrogen and oxygen atoms in total. The van der Waals surface area contributed by atoms with Gasteiger partial charge in [-0.25, -0.2) is 0 Å². The van der Waals surface area contributed by atoms with Gasteiger partial charge in [0.25, 0.3) is 5.91 Å². The maximum Gasteiger partial charge on any atom is 0.255 e. The van der Waals surface area contributed by atoms with Crippen LogP contribution in [0.4, 0.5) is 0 Å². The molecule has 0 unspecified atom stereocenters. The lowest BCUT2D eigenvalue weighted by Gasteiger charge is -2.52. The summed E-state index contributed by atoms with van der Waals surface area (Å²) in [5.74, 6) is 1.27. The van der Waals surface area contributed by atoms with Crippen LogP contribution < -0.4 is 0 Å². The number of carbonyl (C=O) groups is 2. The average Bonchev–Trinajstić information content (AvgIpc) is 2.56. The van der Waals surface area contributed by atoms with E-state index in [4.69, 9.17) is 0 Å². The average molecular weight is 299 g/mol. The highest BCUT2D eigenvalue weighted by Gasteiger charge is 2.44. The van der Waals surface area contributed by atoms with Crippen LogP contribution in [0.1, 0.15) is 36.0 Å². The predicted octanol–water partition coefficient (Wildman–Crippen LogP) is 1.55. The minimum atomic E-state index is 0.0818. The first kappa shape index (κ1) is 13.7. The molecule has 3 fully saturated rings. The zero-order valence-electron chi connectivity index (χ0n) is 12.6. The minimum absolute atomic E-state index is 0.0818. The van der Waals surface area contributed by atoms with Crippen molar-refractivity contribution in [3.8, 4) is 0 Å². The largest absolute Gasteiger partial charge is 0.339 e. The summed E-state index contributed by atoms with van der Waals surface area (Å²) in [6.07, 6.45) is 7.28. The van der Waals surface area contributed by atoms with E-state index >= 15 is 0 Å². The van der Waals surface area contributed by atoms with Crippen LogP contribution in [-0.4, -0.2) is 52.3 Å². The van der Waals surface area contributed by atoms with Crippen LogP contribution in [-0.2, 0) is 4.79 Å². The second-order valence-electron chi connectivity index (χ2n) is 6.82. The lowest BCUT2D eigenvalue weighted by atomic mass is 9.76. The molecule has 0 saturated carbocycles. The number of hydrogen-bond donors (Lipinski definition) is 0. The summed E-state index contributed by atoms with van der Waals surface area (Å²) in [4.78, 5) is 32.9. The fraction of sp³-hybridized carbons (Fsp3) is 0.588. The molecule has 3 atom stereocenters. The molecule has 4 heterocycles. The van der Waals surface area contributed by atoms with Crippen molar-refractivity contribution in [2.24, 2.45) is 11.8 Å². The normalized spacial score (nSPS) is 30.9. The number of rotatable bonds is 1. The van der Waals surface area contributed by atoms with Gasteiger partial charge in [0.1, 0.15) is 0 Å².